The number of fused-ring (bicyclic) bond motifs is 2. The number of imidazole rings is 1. The Balaban J connectivity index is 1.67. The van der Waals surface area contributed by atoms with Crippen molar-refractivity contribution in [1.82, 2.24) is 19.5 Å². The maximum absolute atomic E-state index is 5.95. The third-order valence-electron chi connectivity index (χ3n) is 5.10. The van der Waals surface area contributed by atoms with Gasteiger partial charge in [-0.3, -0.25) is 4.90 Å². The van der Waals surface area contributed by atoms with Crippen molar-refractivity contribution in [2.75, 3.05) is 10.6 Å². The fourth-order valence-corrected chi connectivity index (χ4v) is 4.63. The highest BCUT2D eigenvalue weighted by atomic mass is 32.1. The summed E-state index contributed by atoms with van der Waals surface area (Å²) >= 11 is 1.63. The number of hydrogen-bond donors (Lipinski definition) is 1. The molecule has 7 nitrogen and oxygen atoms in total. The molecule has 0 amide bonds. The van der Waals surface area contributed by atoms with Gasteiger partial charge < -0.3 is 10.3 Å². The van der Waals surface area contributed by atoms with E-state index in [9.17, 15) is 0 Å². The van der Waals surface area contributed by atoms with Gasteiger partial charge in [0.1, 0.15) is 22.7 Å². The molecule has 0 aliphatic carbocycles. The SMILES string of the molecule is C=C1c2c(C)csc2N=C(Cn2cnc3c(N)ncnc32)N1c1ccccc1C. The molecule has 0 saturated heterocycles. The van der Waals surface area contributed by atoms with Crippen molar-refractivity contribution < 1.29 is 0 Å². The number of nitrogens with two attached hydrogens (primary N) is 1. The Hall–Kier alpha value is -3.52. The van der Waals surface area contributed by atoms with E-state index in [4.69, 9.17) is 10.7 Å². The molecule has 29 heavy (non-hydrogen) atoms. The summed E-state index contributed by atoms with van der Waals surface area (Å²) in [7, 11) is 0. The minimum absolute atomic E-state index is 0.371. The number of nitrogen functional groups attached to an aromatic ring is 1. The van der Waals surface area contributed by atoms with Crippen LogP contribution in [0, 0.1) is 13.8 Å². The minimum atomic E-state index is 0.371. The molecule has 8 heteroatoms. The number of anilines is 2. The number of amidine groups is 1. The lowest BCUT2D eigenvalue weighted by molar-refractivity contribution is 0.855. The molecule has 0 unspecified atom stereocenters. The molecular formula is C21H19N7S. The fraction of sp³-hybridized carbons (Fsp3) is 0.143. The molecule has 0 bridgehead atoms. The van der Waals surface area contributed by atoms with Gasteiger partial charge in [-0.15, -0.1) is 11.3 Å². The van der Waals surface area contributed by atoms with Gasteiger partial charge in [0.25, 0.3) is 0 Å². The lowest BCUT2D eigenvalue weighted by Crippen LogP contribution is -2.34. The van der Waals surface area contributed by atoms with Crippen LogP contribution in [0.3, 0.4) is 0 Å². The highest BCUT2D eigenvalue weighted by molar-refractivity contribution is 7.14. The van der Waals surface area contributed by atoms with E-state index in [-0.39, 0.29) is 0 Å². The van der Waals surface area contributed by atoms with Crippen molar-refractivity contribution in [2.24, 2.45) is 4.99 Å². The van der Waals surface area contributed by atoms with Gasteiger partial charge in [0.05, 0.1) is 24.3 Å². The summed E-state index contributed by atoms with van der Waals surface area (Å²) in [4.78, 5) is 19.9. The predicted molar refractivity (Wildman–Crippen MR) is 119 cm³/mol. The summed E-state index contributed by atoms with van der Waals surface area (Å²) in [5, 5.41) is 3.10. The molecular weight excluding hydrogens is 382 g/mol. The second-order valence-corrected chi connectivity index (χ2v) is 7.86. The molecule has 3 aromatic heterocycles. The van der Waals surface area contributed by atoms with Crippen LogP contribution in [0.1, 0.15) is 16.7 Å². The quantitative estimate of drug-likeness (QED) is 0.553. The van der Waals surface area contributed by atoms with Crippen molar-refractivity contribution in [2.45, 2.75) is 20.4 Å². The molecule has 1 aliphatic heterocycles. The summed E-state index contributed by atoms with van der Waals surface area (Å²) in [5.41, 5.74) is 12.7. The van der Waals surface area contributed by atoms with Crippen molar-refractivity contribution in [3.8, 4) is 0 Å². The number of nitrogens with zero attached hydrogens (tertiary/aromatic N) is 6. The average Bonchev–Trinajstić information content (AvgIpc) is 3.28. The Labute approximate surface area is 171 Å². The third-order valence-corrected chi connectivity index (χ3v) is 6.09. The second-order valence-electron chi connectivity index (χ2n) is 7.00. The highest BCUT2D eigenvalue weighted by Crippen LogP contribution is 2.43. The zero-order chi connectivity index (χ0) is 20.1. The van der Waals surface area contributed by atoms with Gasteiger partial charge >= 0.3 is 0 Å². The normalized spacial score (nSPS) is 13.7. The molecule has 2 N–H and O–H groups in total. The van der Waals surface area contributed by atoms with E-state index in [2.05, 4.69) is 57.8 Å². The molecule has 4 heterocycles. The number of para-hydroxylation sites is 1. The fourth-order valence-electron chi connectivity index (χ4n) is 3.67. The number of aromatic nitrogens is 4. The van der Waals surface area contributed by atoms with E-state index in [0.29, 0.717) is 23.5 Å². The lowest BCUT2D eigenvalue weighted by Gasteiger charge is -2.33. The van der Waals surface area contributed by atoms with Gasteiger partial charge in [-0.1, -0.05) is 24.8 Å². The van der Waals surface area contributed by atoms with Crippen LogP contribution in [-0.4, -0.2) is 25.4 Å². The number of aryl methyl sites for hydroxylation is 2. The lowest BCUT2D eigenvalue weighted by atomic mass is 10.1. The predicted octanol–water partition coefficient (Wildman–Crippen LogP) is 4.31. The summed E-state index contributed by atoms with van der Waals surface area (Å²) in [6, 6.07) is 8.25. The second kappa shape index (κ2) is 6.52. The van der Waals surface area contributed by atoms with Gasteiger partial charge in [-0.25, -0.2) is 19.9 Å². The Morgan fingerprint density at radius 2 is 1.93 bits per heavy atom. The number of thiophene rings is 1. The maximum Gasteiger partial charge on any atom is 0.165 e. The number of aliphatic imine (C=N–C) groups is 1. The Kier molecular flexibility index (Phi) is 3.95. The topological polar surface area (TPSA) is 85.2 Å². The Morgan fingerprint density at radius 1 is 1.10 bits per heavy atom. The molecule has 0 spiro atoms. The molecule has 0 fully saturated rings. The molecule has 4 aromatic rings. The van der Waals surface area contributed by atoms with Gasteiger partial charge in [0.2, 0.25) is 0 Å². The summed E-state index contributed by atoms with van der Waals surface area (Å²) in [5.74, 6) is 1.23. The van der Waals surface area contributed by atoms with E-state index in [0.717, 1.165) is 33.3 Å². The first kappa shape index (κ1) is 17.6. The smallest absolute Gasteiger partial charge is 0.165 e. The number of hydrogen-bond acceptors (Lipinski definition) is 7. The van der Waals surface area contributed by atoms with Gasteiger partial charge in [-0.05, 0) is 36.4 Å². The van der Waals surface area contributed by atoms with Gasteiger partial charge in [0, 0.05) is 5.56 Å². The molecule has 0 radical (unpaired) electrons. The number of benzene rings is 1. The largest absolute Gasteiger partial charge is 0.382 e. The molecule has 5 rings (SSSR count). The van der Waals surface area contributed by atoms with Crippen LogP contribution in [0.15, 0.2) is 53.9 Å². The summed E-state index contributed by atoms with van der Waals surface area (Å²) in [6.07, 6.45) is 3.18. The Morgan fingerprint density at radius 3 is 2.76 bits per heavy atom. The summed E-state index contributed by atoms with van der Waals surface area (Å²) < 4.78 is 1.94. The first-order valence-electron chi connectivity index (χ1n) is 9.16. The van der Waals surface area contributed by atoms with E-state index in [1.807, 2.05) is 16.7 Å². The van der Waals surface area contributed by atoms with E-state index < -0.39 is 0 Å². The number of rotatable bonds is 3. The zero-order valence-electron chi connectivity index (χ0n) is 16.1. The van der Waals surface area contributed by atoms with Crippen LogP contribution < -0.4 is 10.6 Å². The average molecular weight is 401 g/mol. The van der Waals surface area contributed by atoms with Crippen LogP contribution >= 0.6 is 11.3 Å². The van der Waals surface area contributed by atoms with E-state index in [1.54, 1.807) is 17.7 Å². The van der Waals surface area contributed by atoms with Crippen molar-refractivity contribution in [1.29, 1.82) is 0 Å². The Bertz CT molecular complexity index is 1300. The minimum Gasteiger partial charge on any atom is -0.382 e. The molecule has 1 aliphatic rings. The third kappa shape index (κ3) is 2.72. The summed E-state index contributed by atoms with van der Waals surface area (Å²) in [6.45, 7) is 9.10. The monoisotopic (exact) mass is 401 g/mol. The first-order chi connectivity index (χ1) is 14.0. The van der Waals surface area contributed by atoms with Gasteiger partial charge in [0.15, 0.2) is 11.5 Å². The molecule has 1 aromatic carbocycles. The molecule has 0 atom stereocenters. The van der Waals surface area contributed by atoms with Crippen LogP contribution in [0.2, 0.25) is 0 Å². The van der Waals surface area contributed by atoms with Crippen LogP contribution in [0.5, 0.6) is 0 Å². The van der Waals surface area contributed by atoms with Crippen LogP contribution in [0.4, 0.5) is 16.5 Å². The molecule has 144 valence electrons. The zero-order valence-corrected chi connectivity index (χ0v) is 16.9. The van der Waals surface area contributed by atoms with Crippen LogP contribution in [0.25, 0.3) is 16.9 Å². The van der Waals surface area contributed by atoms with E-state index in [1.165, 1.54) is 11.9 Å². The van der Waals surface area contributed by atoms with Crippen molar-refractivity contribution in [3.05, 3.63) is 65.6 Å². The van der Waals surface area contributed by atoms with Crippen molar-refractivity contribution in [3.63, 3.8) is 0 Å². The van der Waals surface area contributed by atoms with E-state index >= 15 is 0 Å². The van der Waals surface area contributed by atoms with Gasteiger partial charge in [-0.2, -0.15) is 0 Å². The molecule has 0 saturated carbocycles. The van der Waals surface area contributed by atoms with Crippen molar-refractivity contribution >= 4 is 50.5 Å². The van der Waals surface area contributed by atoms with Crippen LogP contribution in [-0.2, 0) is 6.54 Å². The highest BCUT2D eigenvalue weighted by Gasteiger charge is 2.29. The standard InChI is InChI=1S/C21H19N7S/c1-12-6-4-5-7-15(12)28-14(3)17-13(2)9-29-21(17)26-16(28)8-27-11-25-18-19(22)23-10-24-20(18)27/h4-7,9-11H,3,8H2,1-2H3,(H2,22,23,24). The maximum atomic E-state index is 5.95. The first-order valence-corrected chi connectivity index (χ1v) is 10.0.